The SMILES string of the molecule is NS(=O)(=O)c1ccc(C(=O)Nc2nc3ccccc3[nH]2)o1. The maximum absolute atomic E-state index is 11.9. The molecule has 0 bridgehead atoms. The molecule has 2 aromatic heterocycles. The number of nitrogens with two attached hydrogens (primary N) is 1. The molecule has 1 aromatic carbocycles. The first-order valence-corrected chi connectivity index (χ1v) is 7.37. The molecule has 0 saturated carbocycles. The first kappa shape index (κ1) is 13.3. The average Bonchev–Trinajstić information content (AvgIpc) is 3.04. The molecule has 2 heterocycles. The van der Waals surface area contributed by atoms with Gasteiger partial charge in [-0.05, 0) is 24.3 Å². The second-order valence-corrected chi connectivity index (χ2v) is 5.71. The second-order valence-electron chi connectivity index (χ2n) is 4.22. The molecule has 0 saturated heterocycles. The molecule has 21 heavy (non-hydrogen) atoms. The van der Waals surface area contributed by atoms with Crippen LogP contribution in [0.4, 0.5) is 5.95 Å². The number of imidazole rings is 1. The molecule has 0 aliphatic rings. The number of carbonyl (C=O) groups is 1. The predicted octanol–water partition coefficient (Wildman–Crippen LogP) is 1.06. The molecule has 9 heteroatoms. The quantitative estimate of drug-likeness (QED) is 0.665. The van der Waals surface area contributed by atoms with Gasteiger partial charge in [0.1, 0.15) is 0 Å². The number of rotatable bonds is 3. The van der Waals surface area contributed by atoms with Crippen molar-refractivity contribution in [2.75, 3.05) is 5.32 Å². The first-order chi connectivity index (χ1) is 9.93. The van der Waals surface area contributed by atoms with Crippen LogP contribution >= 0.6 is 0 Å². The van der Waals surface area contributed by atoms with Crippen molar-refractivity contribution in [3.05, 3.63) is 42.2 Å². The maximum Gasteiger partial charge on any atom is 0.293 e. The van der Waals surface area contributed by atoms with Gasteiger partial charge in [0.2, 0.25) is 11.0 Å². The van der Waals surface area contributed by atoms with Crippen LogP contribution in [0.5, 0.6) is 0 Å². The lowest BCUT2D eigenvalue weighted by Crippen LogP contribution is -2.13. The van der Waals surface area contributed by atoms with Crippen molar-refractivity contribution in [2.24, 2.45) is 5.14 Å². The van der Waals surface area contributed by atoms with Crippen molar-refractivity contribution in [2.45, 2.75) is 5.09 Å². The van der Waals surface area contributed by atoms with Gasteiger partial charge in [-0.15, -0.1) is 0 Å². The standard InChI is InChI=1S/C12H10N4O4S/c13-21(18,19)10-6-5-9(20-10)11(17)16-12-14-7-3-1-2-4-8(7)15-12/h1-6H,(H2,13,18,19)(H2,14,15,16,17). The third-order valence-electron chi connectivity index (χ3n) is 2.71. The molecule has 3 aromatic rings. The molecule has 0 atom stereocenters. The summed E-state index contributed by atoms with van der Waals surface area (Å²) in [5.74, 6) is -0.585. The number of hydrogen-bond donors (Lipinski definition) is 3. The van der Waals surface area contributed by atoms with Crippen molar-refractivity contribution in [1.29, 1.82) is 0 Å². The zero-order valence-electron chi connectivity index (χ0n) is 10.5. The Balaban J connectivity index is 1.84. The minimum absolute atomic E-state index is 0.181. The van der Waals surface area contributed by atoms with Gasteiger partial charge < -0.3 is 9.40 Å². The summed E-state index contributed by atoms with van der Waals surface area (Å²) in [6, 6.07) is 9.58. The Morgan fingerprint density at radius 2 is 2.00 bits per heavy atom. The number of primary sulfonamides is 1. The van der Waals surface area contributed by atoms with Gasteiger partial charge in [0.05, 0.1) is 11.0 Å². The zero-order chi connectivity index (χ0) is 15.0. The molecule has 0 radical (unpaired) electrons. The number of anilines is 1. The predicted molar refractivity (Wildman–Crippen MR) is 74.1 cm³/mol. The molecule has 108 valence electrons. The van der Waals surface area contributed by atoms with E-state index < -0.39 is 21.0 Å². The van der Waals surface area contributed by atoms with E-state index in [0.29, 0.717) is 5.52 Å². The summed E-state index contributed by atoms with van der Waals surface area (Å²) >= 11 is 0. The highest BCUT2D eigenvalue weighted by Gasteiger charge is 2.18. The topological polar surface area (TPSA) is 131 Å². The Morgan fingerprint density at radius 3 is 2.67 bits per heavy atom. The van der Waals surface area contributed by atoms with Gasteiger partial charge in [-0.25, -0.2) is 18.5 Å². The van der Waals surface area contributed by atoms with Gasteiger partial charge in [0.15, 0.2) is 5.76 Å². The van der Waals surface area contributed by atoms with Crippen molar-refractivity contribution in [1.82, 2.24) is 9.97 Å². The number of benzene rings is 1. The van der Waals surface area contributed by atoms with Crippen molar-refractivity contribution in [3.8, 4) is 0 Å². The van der Waals surface area contributed by atoms with Crippen LogP contribution < -0.4 is 10.5 Å². The third kappa shape index (κ3) is 2.64. The van der Waals surface area contributed by atoms with Gasteiger partial charge in [-0.1, -0.05) is 12.1 Å². The highest BCUT2D eigenvalue weighted by molar-refractivity contribution is 7.89. The van der Waals surface area contributed by atoms with Crippen LogP contribution in [0.25, 0.3) is 11.0 Å². The number of fused-ring (bicyclic) bond motifs is 1. The van der Waals surface area contributed by atoms with E-state index in [1.165, 1.54) is 6.07 Å². The van der Waals surface area contributed by atoms with Crippen LogP contribution in [-0.4, -0.2) is 24.3 Å². The van der Waals surface area contributed by atoms with Crippen molar-refractivity contribution >= 4 is 32.9 Å². The lowest BCUT2D eigenvalue weighted by atomic mass is 10.3. The molecule has 8 nitrogen and oxygen atoms in total. The molecular weight excluding hydrogens is 296 g/mol. The van der Waals surface area contributed by atoms with Crippen LogP contribution in [0.3, 0.4) is 0 Å². The molecule has 0 aliphatic heterocycles. The van der Waals surface area contributed by atoms with Gasteiger partial charge in [-0.2, -0.15) is 0 Å². The molecule has 1 amide bonds. The van der Waals surface area contributed by atoms with Crippen LogP contribution in [0.15, 0.2) is 45.9 Å². The first-order valence-electron chi connectivity index (χ1n) is 5.82. The number of aromatic nitrogens is 2. The Hall–Kier alpha value is -2.65. The van der Waals surface area contributed by atoms with Crippen molar-refractivity contribution in [3.63, 3.8) is 0 Å². The second kappa shape index (κ2) is 4.72. The minimum Gasteiger partial charge on any atom is -0.438 e. The van der Waals surface area contributed by atoms with E-state index in [1.54, 1.807) is 6.07 Å². The Bertz CT molecular complexity index is 893. The number of nitrogens with zero attached hydrogens (tertiary/aromatic N) is 1. The van der Waals surface area contributed by atoms with Gasteiger partial charge >= 0.3 is 0 Å². The number of nitrogens with one attached hydrogen (secondary N) is 2. The minimum atomic E-state index is -3.98. The summed E-state index contributed by atoms with van der Waals surface area (Å²) in [7, 11) is -3.98. The number of sulfonamides is 1. The Kier molecular flexibility index (Phi) is 3.00. The summed E-state index contributed by atoms with van der Waals surface area (Å²) in [6.07, 6.45) is 0. The van der Waals surface area contributed by atoms with E-state index in [4.69, 9.17) is 9.56 Å². The summed E-state index contributed by atoms with van der Waals surface area (Å²) in [4.78, 5) is 19.0. The van der Waals surface area contributed by atoms with E-state index in [0.717, 1.165) is 11.6 Å². The fourth-order valence-electron chi connectivity index (χ4n) is 1.78. The zero-order valence-corrected chi connectivity index (χ0v) is 11.3. The monoisotopic (exact) mass is 306 g/mol. The number of aromatic amines is 1. The van der Waals surface area contributed by atoms with Crippen molar-refractivity contribution < 1.29 is 17.6 Å². The molecule has 0 aliphatic carbocycles. The molecule has 3 rings (SSSR count). The summed E-state index contributed by atoms with van der Waals surface area (Å²) < 4.78 is 27.0. The number of para-hydroxylation sites is 2. The summed E-state index contributed by atoms with van der Waals surface area (Å²) in [5.41, 5.74) is 1.45. The van der Waals surface area contributed by atoms with Crippen LogP contribution in [0.1, 0.15) is 10.6 Å². The number of H-pyrrole nitrogens is 1. The Morgan fingerprint density at radius 1 is 1.24 bits per heavy atom. The average molecular weight is 306 g/mol. The molecular formula is C12H10N4O4S. The smallest absolute Gasteiger partial charge is 0.293 e. The van der Waals surface area contributed by atoms with Gasteiger partial charge in [0, 0.05) is 0 Å². The van der Waals surface area contributed by atoms with Crippen LogP contribution in [0, 0.1) is 0 Å². The summed E-state index contributed by atoms with van der Waals surface area (Å²) in [5, 5.41) is 6.90. The van der Waals surface area contributed by atoms with Crippen LogP contribution in [0.2, 0.25) is 0 Å². The molecule has 0 spiro atoms. The number of carbonyl (C=O) groups excluding carboxylic acids is 1. The normalized spacial score (nSPS) is 11.7. The van der Waals surface area contributed by atoms with E-state index in [1.807, 2.05) is 18.2 Å². The molecule has 4 N–H and O–H groups in total. The summed E-state index contributed by atoms with van der Waals surface area (Å²) in [6.45, 7) is 0. The number of furan rings is 1. The van der Waals surface area contributed by atoms with Gasteiger partial charge in [0.25, 0.3) is 15.9 Å². The maximum atomic E-state index is 11.9. The largest absolute Gasteiger partial charge is 0.438 e. The van der Waals surface area contributed by atoms with Crippen LogP contribution in [-0.2, 0) is 10.0 Å². The lowest BCUT2D eigenvalue weighted by molar-refractivity contribution is 0.0991. The van der Waals surface area contributed by atoms with E-state index >= 15 is 0 Å². The number of amides is 1. The van der Waals surface area contributed by atoms with E-state index in [9.17, 15) is 13.2 Å². The fraction of sp³-hybridized carbons (Fsp3) is 0. The number of hydrogen-bond acceptors (Lipinski definition) is 5. The van der Waals surface area contributed by atoms with E-state index in [2.05, 4.69) is 15.3 Å². The Labute approximate surface area is 119 Å². The fourth-order valence-corrected chi connectivity index (χ4v) is 2.24. The highest BCUT2D eigenvalue weighted by Crippen LogP contribution is 2.16. The van der Waals surface area contributed by atoms with E-state index in [-0.39, 0.29) is 11.7 Å². The molecule has 0 unspecified atom stereocenters. The molecule has 0 fully saturated rings. The lowest BCUT2D eigenvalue weighted by Gasteiger charge is -1.97. The third-order valence-corrected chi connectivity index (χ3v) is 3.49. The highest BCUT2D eigenvalue weighted by atomic mass is 32.2. The van der Waals surface area contributed by atoms with Gasteiger partial charge in [-0.3, -0.25) is 10.1 Å².